The molecule has 258 valence electrons. The summed E-state index contributed by atoms with van der Waals surface area (Å²) in [7, 11) is 0. The zero-order valence-electron chi connectivity index (χ0n) is 26.7. The molecule has 0 atom stereocenters. The lowest BCUT2D eigenvalue weighted by molar-refractivity contribution is -0.145. The molecule has 1 N–H and O–H groups in total. The molecular formula is C34H34F7N3O3S. The predicted octanol–water partition coefficient (Wildman–Crippen LogP) is 8.90. The molecule has 0 amide bonds. The van der Waals surface area contributed by atoms with Crippen LogP contribution in [0.2, 0.25) is 0 Å². The number of rotatable bonds is 10. The fourth-order valence-electron chi connectivity index (χ4n) is 5.65. The van der Waals surface area contributed by atoms with Crippen LogP contribution < -0.4 is 10.2 Å². The maximum atomic E-state index is 14.0. The van der Waals surface area contributed by atoms with Gasteiger partial charge < -0.3 is 15.0 Å². The third kappa shape index (κ3) is 8.11. The molecular weight excluding hydrogens is 663 g/mol. The molecule has 1 aromatic heterocycles. The fraction of sp³-hybridized carbons (Fsp3) is 0.441. The molecule has 1 saturated heterocycles. The van der Waals surface area contributed by atoms with Crippen molar-refractivity contribution in [1.29, 1.82) is 5.26 Å². The molecule has 0 bridgehead atoms. The van der Waals surface area contributed by atoms with Crippen LogP contribution >= 0.6 is 11.3 Å². The molecule has 1 aliphatic rings. The van der Waals surface area contributed by atoms with Gasteiger partial charge in [-0.15, -0.1) is 11.3 Å². The van der Waals surface area contributed by atoms with Gasteiger partial charge in [-0.2, -0.15) is 31.6 Å². The van der Waals surface area contributed by atoms with Crippen molar-refractivity contribution in [1.82, 2.24) is 0 Å². The van der Waals surface area contributed by atoms with Crippen LogP contribution in [0, 0.1) is 30.0 Å². The van der Waals surface area contributed by atoms with Gasteiger partial charge in [-0.05, 0) is 93.5 Å². The van der Waals surface area contributed by atoms with Crippen molar-refractivity contribution in [2.24, 2.45) is 5.92 Å². The number of halogens is 7. The van der Waals surface area contributed by atoms with E-state index in [0.717, 1.165) is 0 Å². The van der Waals surface area contributed by atoms with E-state index in [-0.39, 0.29) is 42.2 Å². The van der Waals surface area contributed by atoms with E-state index in [1.54, 1.807) is 13.8 Å². The number of Topliss-reactive ketones (excluding diaryl/α,β-unsaturated/α-hetero) is 1. The quantitative estimate of drug-likeness (QED) is 0.168. The summed E-state index contributed by atoms with van der Waals surface area (Å²) in [6.07, 6.45) is -8.59. The smallest absolute Gasteiger partial charge is 0.416 e. The third-order valence-electron chi connectivity index (χ3n) is 8.53. The summed E-state index contributed by atoms with van der Waals surface area (Å²) >= 11 is 1.24. The van der Waals surface area contributed by atoms with E-state index in [2.05, 4.69) is 11.4 Å². The van der Waals surface area contributed by atoms with Gasteiger partial charge in [0.2, 0.25) is 0 Å². The second kappa shape index (κ2) is 14.2. The first kappa shape index (κ1) is 36.7. The van der Waals surface area contributed by atoms with Crippen molar-refractivity contribution in [2.75, 3.05) is 36.5 Å². The first-order valence-corrected chi connectivity index (χ1v) is 16.0. The summed E-state index contributed by atoms with van der Waals surface area (Å²) < 4.78 is 100. The molecule has 48 heavy (non-hydrogen) atoms. The normalized spacial score (nSPS) is 14.5. The van der Waals surface area contributed by atoms with E-state index < -0.39 is 52.6 Å². The van der Waals surface area contributed by atoms with Gasteiger partial charge in [0.25, 0.3) is 0 Å². The van der Waals surface area contributed by atoms with Crippen LogP contribution in [0.3, 0.4) is 0 Å². The number of aryl methyl sites for hydroxylation is 1. The second-order valence-electron chi connectivity index (χ2n) is 12.2. The number of piperidine rings is 1. The Bertz CT molecular complexity index is 1680. The van der Waals surface area contributed by atoms with Crippen molar-refractivity contribution in [2.45, 2.75) is 64.7 Å². The summed E-state index contributed by atoms with van der Waals surface area (Å²) in [6, 6.07) is 7.35. The van der Waals surface area contributed by atoms with Crippen LogP contribution in [-0.4, -0.2) is 38.0 Å². The lowest BCUT2D eigenvalue weighted by Gasteiger charge is -2.32. The molecule has 0 saturated carbocycles. The minimum atomic E-state index is -5.09. The zero-order valence-corrected chi connectivity index (χ0v) is 27.5. The highest BCUT2D eigenvalue weighted by Gasteiger charge is 2.40. The Labute approximate surface area is 277 Å². The number of hydrogen-bond donors (Lipinski definition) is 1. The van der Waals surface area contributed by atoms with E-state index in [9.17, 15) is 45.6 Å². The van der Waals surface area contributed by atoms with Gasteiger partial charge in [0, 0.05) is 19.5 Å². The lowest BCUT2D eigenvalue weighted by Crippen LogP contribution is -2.35. The predicted molar refractivity (Wildman–Crippen MR) is 168 cm³/mol. The molecule has 2 heterocycles. The topological polar surface area (TPSA) is 82.4 Å². The Hall–Kier alpha value is -4.12. The number of carbonyl (C=O) groups excluding carboxylic acids is 2. The van der Waals surface area contributed by atoms with Crippen molar-refractivity contribution in [3.8, 4) is 16.5 Å². The van der Waals surface area contributed by atoms with E-state index in [1.807, 2.05) is 4.90 Å². The van der Waals surface area contributed by atoms with Gasteiger partial charge in [0.1, 0.15) is 22.5 Å². The number of ketones is 1. The van der Waals surface area contributed by atoms with Gasteiger partial charge >= 0.3 is 18.3 Å². The van der Waals surface area contributed by atoms with Crippen molar-refractivity contribution in [3.63, 3.8) is 0 Å². The minimum absolute atomic E-state index is 0.00530. The highest BCUT2D eigenvalue weighted by Crippen LogP contribution is 2.48. The van der Waals surface area contributed by atoms with Crippen LogP contribution in [0.25, 0.3) is 10.4 Å². The van der Waals surface area contributed by atoms with Crippen molar-refractivity contribution in [3.05, 3.63) is 70.0 Å². The van der Waals surface area contributed by atoms with Crippen LogP contribution in [0.5, 0.6) is 0 Å². The largest absolute Gasteiger partial charge is 0.466 e. The number of nitrogens with zero attached hydrogens (tertiary/aromatic N) is 2. The standard InChI is InChI=1S/C34H34F7N3O3S/c1-5-47-28(46)13-20-8-10-44(11-9-20)31-26(17-42)29(30(48-31)25-7-6-24(35)12-19(25)2)43-18-27(45)32(3,4)21-14-22(33(36,37)38)16-23(15-21)34(39,40)41/h6-7,12,14-16,20,43H,5,8-11,13,18H2,1-4H3. The molecule has 0 spiro atoms. The summed E-state index contributed by atoms with van der Waals surface area (Å²) in [5, 5.41) is 13.9. The van der Waals surface area contributed by atoms with Gasteiger partial charge in [0.05, 0.1) is 40.3 Å². The minimum Gasteiger partial charge on any atom is -0.466 e. The molecule has 0 unspecified atom stereocenters. The van der Waals surface area contributed by atoms with Gasteiger partial charge in [-0.25, -0.2) is 4.39 Å². The Kier molecular flexibility index (Phi) is 10.8. The van der Waals surface area contributed by atoms with Crippen LogP contribution in [0.4, 0.5) is 41.4 Å². The highest BCUT2D eigenvalue weighted by molar-refractivity contribution is 7.20. The van der Waals surface area contributed by atoms with Crippen LogP contribution in [0.1, 0.15) is 67.9 Å². The molecule has 3 aromatic rings. The van der Waals surface area contributed by atoms with Crippen molar-refractivity contribution >= 4 is 33.8 Å². The second-order valence-corrected chi connectivity index (χ2v) is 13.2. The molecule has 1 fully saturated rings. The van der Waals surface area contributed by atoms with E-state index in [1.165, 1.54) is 43.4 Å². The van der Waals surface area contributed by atoms with Gasteiger partial charge in [-0.1, -0.05) is 6.07 Å². The fourth-order valence-corrected chi connectivity index (χ4v) is 7.02. The number of alkyl halides is 6. The lowest BCUT2D eigenvalue weighted by atomic mass is 9.79. The molecule has 6 nitrogen and oxygen atoms in total. The molecule has 0 aliphatic carbocycles. The number of nitrogens with one attached hydrogen (secondary N) is 1. The van der Waals surface area contributed by atoms with Gasteiger partial charge in [0.15, 0.2) is 5.78 Å². The third-order valence-corrected chi connectivity index (χ3v) is 9.81. The van der Waals surface area contributed by atoms with Crippen LogP contribution in [-0.2, 0) is 32.1 Å². The summed E-state index contributed by atoms with van der Waals surface area (Å²) in [6.45, 7) is 6.67. The molecule has 1 aliphatic heterocycles. The SMILES string of the molecule is CCOC(=O)CC1CCN(c2sc(-c3ccc(F)cc3C)c(NCC(=O)C(C)(C)c3cc(C(F)(F)F)cc(C(F)(F)F)c3)c2C#N)CC1. The monoisotopic (exact) mass is 697 g/mol. The molecule has 2 aromatic carbocycles. The highest BCUT2D eigenvalue weighted by atomic mass is 32.1. The van der Waals surface area contributed by atoms with E-state index in [0.29, 0.717) is 59.1 Å². The number of ether oxygens (including phenoxy) is 1. The number of benzene rings is 2. The Morgan fingerprint density at radius 3 is 2.10 bits per heavy atom. The molecule has 4 rings (SSSR count). The Balaban J connectivity index is 1.68. The van der Waals surface area contributed by atoms with E-state index in [4.69, 9.17) is 4.74 Å². The first-order chi connectivity index (χ1) is 22.4. The van der Waals surface area contributed by atoms with E-state index >= 15 is 0 Å². The number of hydrogen-bond acceptors (Lipinski definition) is 7. The van der Waals surface area contributed by atoms with Crippen molar-refractivity contribution < 1.29 is 45.1 Å². The summed E-state index contributed by atoms with van der Waals surface area (Å²) in [5.74, 6) is -1.40. The first-order valence-electron chi connectivity index (χ1n) is 15.2. The number of carbonyl (C=O) groups is 2. The summed E-state index contributed by atoms with van der Waals surface area (Å²) in [4.78, 5) is 28.1. The number of thiophene rings is 1. The number of esters is 1. The van der Waals surface area contributed by atoms with Gasteiger partial charge in [-0.3, -0.25) is 9.59 Å². The number of nitriles is 1. The number of anilines is 2. The average molecular weight is 698 g/mol. The Morgan fingerprint density at radius 2 is 1.58 bits per heavy atom. The maximum absolute atomic E-state index is 14.0. The zero-order chi connectivity index (χ0) is 35.6. The Morgan fingerprint density at radius 1 is 1.00 bits per heavy atom. The maximum Gasteiger partial charge on any atom is 0.416 e. The molecule has 14 heteroatoms. The average Bonchev–Trinajstić information content (AvgIpc) is 3.37. The van der Waals surface area contributed by atoms with Crippen LogP contribution in [0.15, 0.2) is 36.4 Å². The molecule has 0 radical (unpaired) electrons. The summed E-state index contributed by atoms with van der Waals surface area (Å²) in [5.41, 5.74) is -3.79.